The highest BCUT2D eigenvalue weighted by Crippen LogP contribution is 2.38. The van der Waals surface area contributed by atoms with Gasteiger partial charge in [0.25, 0.3) is 0 Å². The second kappa shape index (κ2) is 6.48. The Bertz CT molecular complexity index is 695. The van der Waals surface area contributed by atoms with Crippen molar-refractivity contribution in [1.29, 1.82) is 0 Å². The topological polar surface area (TPSA) is 20.3 Å². The van der Waals surface area contributed by atoms with Crippen LogP contribution >= 0.6 is 15.9 Å². The van der Waals surface area contributed by atoms with E-state index in [-0.39, 0.29) is 11.2 Å². The first-order valence-electron chi connectivity index (χ1n) is 8.13. The highest BCUT2D eigenvalue weighted by molar-refractivity contribution is 9.10. The normalized spacial score (nSPS) is 20.0. The third-order valence-electron chi connectivity index (χ3n) is 4.65. The average molecular weight is 372 g/mol. The van der Waals surface area contributed by atoms with Crippen LogP contribution in [0.25, 0.3) is 0 Å². The summed E-state index contributed by atoms with van der Waals surface area (Å²) in [5.41, 5.74) is 2.76. The Morgan fingerprint density at radius 1 is 1.17 bits per heavy atom. The Balaban J connectivity index is 1.94. The molecule has 120 valence electrons. The summed E-state index contributed by atoms with van der Waals surface area (Å²) in [6, 6.07) is 7.63. The molecule has 2 nitrogen and oxygen atoms in total. The first-order chi connectivity index (χ1) is 11.0. The van der Waals surface area contributed by atoms with Crippen molar-refractivity contribution in [1.82, 2.24) is 4.90 Å². The molecule has 1 heterocycles. The number of halogens is 1. The van der Waals surface area contributed by atoms with Crippen molar-refractivity contribution in [3.05, 3.63) is 70.0 Å². The Morgan fingerprint density at radius 2 is 1.91 bits per heavy atom. The number of nitrogens with zero attached hydrogens (tertiary/aromatic N) is 1. The van der Waals surface area contributed by atoms with Gasteiger partial charge < -0.3 is 4.90 Å². The molecule has 0 radical (unpaired) electrons. The van der Waals surface area contributed by atoms with Crippen LogP contribution in [0.1, 0.15) is 43.5 Å². The molecule has 3 heteroatoms. The predicted molar refractivity (Wildman–Crippen MR) is 98.1 cm³/mol. The van der Waals surface area contributed by atoms with E-state index in [9.17, 15) is 4.79 Å². The van der Waals surface area contributed by atoms with E-state index >= 15 is 0 Å². The molecule has 0 fully saturated rings. The van der Waals surface area contributed by atoms with E-state index in [1.54, 1.807) is 0 Å². The van der Waals surface area contributed by atoms with Gasteiger partial charge in [-0.2, -0.15) is 0 Å². The van der Waals surface area contributed by atoms with Gasteiger partial charge in [-0.15, -0.1) is 0 Å². The molecule has 1 aliphatic heterocycles. The fourth-order valence-corrected chi connectivity index (χ4v) is 3.33. The summed E-state index contributed by atoms with van der Waals surface area (Å²) in [6.45, 7) is 5.29. The smallest absolute Gasteiger partial charge is 0.191 e. The minimum Gasteiger partial charge on any atom is -0.348 e. The first kappa shape index (κ1) is 16.3. The summed E-state index contributed by atoms with van der Waals surface area (Å²) in [7, 11) is 0. The minimum absolute atomic E-state index is 0.0976. The molecule has 0 aromatic heterocycles. The lowest BCUT2D eigenvalue weighted by molar-refractivity contribution is 0.0992. The lowest BCUT2D eigenvalue weighted by Crippen LogP contribution is -2.34. The molecular weight excluding hydrogens is 350 g/mol. The standard InChI is InChI=1S/C20H22BrNO/c1-20(2)12-13-22(17-6-4-3-5-7-17)14-18(20)19(23)15-8-10-16(21)11-9-15/h4,6-11,14H,3,5,12-13H2,1-2H3. The quantitative estimate of drug-likeness (QED) is 0.655. The number of rotatable bonds is 3. The van der Waals surface area contributed by atoms with Crippen molar-refractivity contribution in [3.8, 4) is 0 Å². The number of hydrogen-bond donors (Lipinski definition) is 0. The van der Waals surface area contributed by atoms with Crippen molar-refractivity contribution in [2.24, 2.45) is 5.41 Å². The summed E-state index contributed by atoms with van der Waals surface area (Å²) < 4.78 is 0.991. The fraction of sp³-hybridized carbons (Fsp3) is 0.350. The molecule has 1 aliphatic carbocycles. The summed E-state index contributed by atoms with van der Waals surface area (Å²) in [6.07, 6.45) is 11.9. The molecule has 0 saturated carbocycles. The van der Waals surface area contributed by atoms with E-state index in [1.807, 2.05) is 24.3 Å². The van der Waals surface area contributed by atoms with Gasteiger partial charge in [0, 0.05) is 34.1 Å². The lowest BCUT2D eigenvalue weighted by atomic mass is 9.76. The van der Waals surface area contributed by atoms with Crippen LogP contribution in [0.2, 0.25) is 0 Å². The van der Waals surface area contributed by atoms with Gasteiger partial charge in [-0.3, -0.25) is 4.79 Å². The highest BCUT2D eigenvalue weighted by atomic mass is 79.9. The van der Waals surface area contributed by atoms with Gasteiger partial charge in [0.1, 0.15) is 0 Å². The summed E-state index contributed by atoms with van der Waals surface area (Å²) in [5, 5.41) is 0. The number of ketones is 1. The zero-order valence-corrected chi connectivity index (χ0v) is 15.3. The van der Waals surface area contributed by atoms with Gasteiger partial charge >= 0.3 is 0 Å². The number of Topliss-reactive ketones (excluding diaryl/α,β-unsaturated/α-hetero) is 1. The van der Waals surface area contributed by atoms with Gasteiger partial charge in [-0.1, -0.05) is 41.9 Å². The van der Waals surface area contributed by atoms with Crippen LogP contribution in [-0.2, 0) is 0 Å². The second-order valence-electron chi connectivity index (χ2n) is 6.81. The molecular formula is C20H22BrNO. The number of allylic oxidation sites excluding steroid dienone is 4. The molecule has 0 atom stereocenters. The zero-order valence-electron chi connectivity index (χ0n) is 13.7. The van der Waals surface area contributed by atoms with Crippen molar-refractivity contribution in [2.45, 2.75) is 33.1 Å². The zero-order chi connectivity index (χ0) is 16.4. The SMILES string of the molecule is CC1(C)CCN(C2=CCCC=C2)C=C1C(=O)c1ccc(Br)cc1. The number of benzene rings is 1. The van der Waals surface area contributed by atoms with Crippen LogP contribution in [0.3, 0.4) is 0 Å². The first-order valence-corrected chi connectivity index (χ1v) is 8.92. The monoisotopic (exact) mass is 371 g/mol. The maximum absolute atomic E-state index is 13.0. The molecule has 2 aliphatic rings. The van der Waals surface area contributed by atoms with Crippen LogP contribution in [-0.4, -0.2) is 17.2 Å². The molecule has 1 aromatic carbocycles. The average Bonchev–Trinajstić information content (AvgIpc) is 2.55. The molecule has 0 amide bonds. The third-order valence-corrected chi connectivity index (χ3v) is 5.18. The number of carbonyl (C=O) groups excluding carboxylic acids is 1. The maximum atomic E-state index is 13.0. The van der Waals surface area contributed by atoms with Crippen LogP contribution in [0.15, 0.2) is 64.4 Å². The largest absolute Gasteiger partial charge is 0.348 e. The van der Waals surface area contributed by atoms with Gasteiger partial charge in [0.15, 0.2) is 5.78 Å². The third kappa shape index (κ3) is 3.50. The van der Waals surface area contributed by atoms with Crippen LogP contribution < -0.4 is 0 Å². The highest BCUT2D eigenvalue weighted by Gasteiger charge is 2.33. The Hall–Kier alpha value is -1.61. The number of carbonyl (C=O) groups is 1. The fourth-order valence-electron chi connectivity index (χ4n) is 3.07. The Morgan fingerprint density at radius 3 is 2.57 bits per heavy atom. The molecule has 1 aromatic rings. The van der Waals surface area contributed by atoms with Gasteiger partial charge in [-0.25, -0.2) is 0 Å². The van der Waals surface area contributed by atoms with Crippen LogP contribution in [0, 0.1) is 5.41 Å². The molecule has 0 spiro atoms. The Kier molecular flexibility index (Phi) is 4.58. The van der Waals surface area contributed by atoms with E-state index in [1.165, 1.54) is 5.70 Å². The number of hydrogen-bond acceptors (Lipinski definition) is 2. The van der Waals surface area contributed by atoms with Gasteiger partial charge in [0.2, 0.25) is 0 Å². The Labute approximate surface area is 146 Å². The molecule has 0 saturated heterocycles. The molecule has 0 bridgehead atoms. The van der Waals surface area contributed by atoms with E-state index in [4.69, 9.17) is 0 Å². The predicted octanol–water partition coefficient (Wildman–Crippen LogP) is 5.48. The van der Waals surface area contributed by atoms with Crippen LogP contribution in [0.5, 0.6) is 0 Å². The molecule has 0 unspecified atom stereocenters. The summed E-state index contributed by atoms with van der Waals surface area (Å²) in [5.74, 6) is 0.132. The van der Waals surface area contributed by atoms with Crippen molar-refractivity contribution in [2.75, 3.05) is 6.54 Å². The van der Waals surface area contributed by atoms with Crippen molar-refractivity contribution >= 4 is 21.7 Å². The lowest BCUT2D eigenvalue weighted by Gasteiger charge is -2.37. The van der Waals surface area contributed by atoms with E-state index < -0.39 is 0 Å². The van der Waals surface area contributed by atoms with E-state index in [2.05, 4.69) is 59.1 Å². The minimum atomic E-state index is -0.0976. The van der Waals surface area contributed by atoms with Crippen molar-refractivity contribution in [3.63, 3.8) is 0 Å². The van der Waals surface area contributed by atoms with E-state index in [0.717, 1.165) is 41.4 Å². The molecule has 3 rings (SSSR count). The maximum Gasteiger partial charge on any atom is 0.191 e. The summed E-state index contributed by atoms with van der Waals surface area (Å²) in [4.78, 5) is 15.2. The van der Waals surface area contributed by atoms with E-state index in [0.29, 0.717) is 0 Å². The molecule has 0 N–H and O–H groups in total. The van der Waals surface area contributed by atoms with Gasteiger partial charge in [0.05, 0.1) is 0 Å². The van der Waals surface area contributed by atoms with Crippen LogP contribution in [0.4, 0.5) is 0 Å². The molecule has 23 heavy (non-hydrogen) atoms. The summed E-state index contributed by atoms with van der Waals surface area (Å²) >= 11 is 3.43. The van der Waals surface area contributed by atoms with Gasteiger partial charge in [-0.05, 0) is 55.0 Å². The second-order valence-corrected chi connectivity index (χ2v) is 7.73. The van der Waals surface area contributed by atoms with Crippen molar-refractivity contribution < 1.29 is 4.79 Å².